The predicted octanol–water partition coefficient (Wildman–Crippen LogP) is 20.4. The lowest BCUT2D eigenvalue weighted by Crippen LogP contribution is -1.98. The number of hydrogen-bond acceptors (Lipinski definition) is 3. The Morgan fingerprint density at radius 2 is 0.590 bits per heavy atom. The molecule has 0 radical (unpaired) electrons. The number of hydrogen-bond donors (Lipinski definition) is 0. The maximum absolute atomic E-state index is 10.9. The van der Waals surface area contributed by atoms with Crippen LogP contribution in [-0.4, -0.2) is 19.4 Å². The first-order valence-corrected chi connectivity index (χ1v) is 26.8. The summed E-state index contributed by atoms with van der Waals surface area (Å²) in [4.78, 5) is 20.9. The summed E-state index contributed by atoms with van der Waals surface area (Å²) in [6.07, 6.45) is 73.4. The Kier molecular flexibility index (Phi) is 74.6. The molecule has 0 rings (SSSR count). The van der Waals surface area contributed by atoms with Gasteiger partial charge in [0.25, 0.3) is 0 Å². The van der Waals surface area contributed by atoms with E-state index >= 15 is 0 Å². The van der Waals surface area contributed by atoms with Crippen LogP contribution < -0.4 is 0 Å². The molecule has 0 aliphatic rings. The number of carbonyl (C=O) groups is 2. The molecule has 0 aliphatic heterocycles. The highest BCUT2D eigenvalue weighted by Gasteiger charge is 1.98. The SMILES string of the molecule is CC/C=C/CCCCCCCC=O.CC/C=C\CCCCCCC.CCCCC/C=C/C/C=C/CCCCCCCC(=O)OC.CCCCC/C=C\CCCCCCCCC. The molecular weight excluding hydrogens is 745 g/mol. The monoisotopic (exact) mass is 855 g/mol. The van der Waals surface area contributed by atoms with Gasteiger partial charge in [-0.05, 0) is 109 Å². The second kappa shape index (κ2) is 69.5. The smallest absolute Gasteiger partial charge is 0.305 e. The van der Waals surface area contributed by atoms with E-state index in [0.717, 1.165) is 44.8 Å². The minimum absolute atomic E-state index is 0.0827. The lowest BCUT2D eigenvalue weighted by atomic mass is 10.1. The van der Waals surface area contributed by atoms with Crippen molar-refractivity contribution in [3.8, 4) is 0 Å². The highest BCUT2D eigenvalue weighted by atomic mass is 16.5. The average molecular weight is 856 g/mol. The molecule has 3 nitrogen and oxygen atoms in total. The van der Waals surface area contributed by atoms with Crippen LogP contribution in [0.2, 0.25) is 0 Å². The molecule has 0 amide bonds. The molecule has 0 aromatic carbocycles. The van der Waals surface area contributed by atoms with Crippen molar-refractivity contribution >= 4 is 12.3 Å². The summed E-state index contributed by atoms with van der Waals surface area (Å²) in [5.74, 6) is -0.0827. The van der Waals surface area contributed by atoms with E-state index in [9.17, 15) is 9.59 Å². The molecule has 0 spiro atoms. The van der Waals surface area contributed by atoms with Crippen LogP contribution in [0.25, 0.3) is 0 Å². The summed E-state index contributed by atoms with van der Waals surface area (Å²) < 4.78 is 4.62. The zero-order valence-electron chi connectivity index (χ0n) is 42.7. The Morgan fingerprint density at radius 3 is 0.918 bits per heavy atom. The van der Waals surface area contributed by atoms with Crippen molar-refractivity contribution in [1.82, 2.24) is 0 Å². The molecular formula is C58H110O3. The number of carbonyl (C=O) groups excluding carboxylic acids is 2. The molecule has 0 fully saturated rings. The van der Waals surface area contributed by atoms with Gasteiger partial charge in [-0.15, -0.1) is 0 Å². The van der Waals surface area contributed by atoms with E-state index in [4.69, 9.17) is 0 Å². The molecule has 0 aromatic heterocycles. The van der Waals surface area contributed by atoms with Crippen LogP contribution in [0.15, 0.2) is 60.8 Å². The van der Waals surface area contributed by atoms with Gasteiger partial charge in [0.15, 0.2) is 0 Å². The molecule has 0 aliphatic carbocycles. The van der Waals surface area contributed by atoms with Crippen LogP contribution in [-0.2, 0) is 14.3 Å². The van der Waals surface area contributed by atoms with Crippen LogP contribution in [0.5, 0.6) is 0 Å². The number of aldehydes is 1. The highest BCUT2D eigenvalue weighted by molar-refractivity contribution is 5.68. The summed E-state index contributed by atoms with van der Waals surface area (Å²) in [6, 6.07) is 0. The predicted molar refractivity (Wildman–Crippen MR) is 278 cm³/mol. The van der Waals surface area contributed by atoms with E-state index in [1.165, 1.54) is 213 Å². The van der Waals surface area contributed by atoms with Gasteiger partial charge in [-0.2, -0.15) is 0 Å². The maximum Gasteiger partial charge on any atom is 0.305 e. The van der Waals surface area contributed by atoms with E-state index in [-0.39, 0.29) is 5.97 Å². The lowest BCUT2D eigenvalue weighted by molar-refractivity contribution is -0.140. The molecule has 0 saturated carbocycles. The van der Waals surface area contributed by atoms with E-state index < -0.39 is 0 Å². The van der Waals surface area contributed by atoms with E-state index in [0.29, 0.717) is 6.42 Å². The van der Waals surface area contributed by atoms with Crippen LogP contribution in [0, 0.1) is 0 Å². The molecule has 360 valence electrons. The average Bonchev–Trinajstić information content (AvgIpc) is 3.28. The Bertz CT molecular complexity index is 910. The normalized spacial score (nSPS) is 11.3. The number of esters is 1. The largest absolute Gasteiger partial charge is 0.469 e. The zero-order chi connectivity index (χ0) is 45.6. The quantitative estimate of drug-likeness (QED) is 0.0266. The van der Waals surface area contributed by atoms with E-state index in [1.54, 1.807) is 0 Å². The first kappa shape index (κ1) is 65.5. The second-order valence-corrected chi connectivity index (χ2v) is 16.9. The molecule has 0 atom stereocenters. The Morgan fingerprint density at radius 1 is 0.328 bits per heavy atom. The van der Waals surface area contributed by atoms with Crippen molar-refractivity contribution in [2.75, 3.05) is 7.11 Å². The third-order valence-corrected chi connectivity index (χ3v) is 10.6. The summed E-state index contributed by atoms with van der Waals surface area (Å²) in [5, 5.41) is 0. The second-order valence-electron chi connectivity index (χ2n) is 16.9. The van der Waals surface area contributed by atoms with Crippen LogP contribution in [0.1, 0.15) is 292 Å². The summed E-state index contributed by atoms with van der Waals surface area (Å²) >= 11 is 0. The fraction of sp³-hybridized carbons (Fsp3) is 0.793. The lowest BCUT2D eigenvalue weighted by Gasteiger charge is -1.99. The molecule has 61 heavy (non-hydrogen) atoms. The fourth-order valence-corrected chi connectivity index (χ4v) is 6.60. The Balaban J connectivity index is -0.000000366. The first-order chi connectivity index (χ1) is 30.1. The molecule has 0 saturated heterocycles. The molecule has 0 bridgehead atoms. The van der Waals surface area contributed by atoms with Crippen molar-refractivity contribution in [1.29, 1.82) is 0 Å². The van der Waals surface area contributed by atoms with Gasteiger partial charge in [0, 0.05) is 12.8 Å². The van der Waals surface area contributed by atoms with Crippen molar-refractivity contribution < 1.29 is 14.3 Å². The number of ether oxygens (including phenoxy) is 1. The minimum Gasteiger partial charge on any atom is -0.469 e. The van der Waals surface area contributed by atoms with Gasteiger partial charge in [0.2, 0.25) is 0 Å². The Hall–Kier alpha value is -2.16. The van der Waals surface area contributed by atoms with Crippen LogP contribution in [0.3, 0.4) is 0 Å². The van der Waals surface area contributed by atoms with Gasteiger partial charge >= 0.3 is 5.97 Å². The molecule has 0 heterocycles. The van der Waals surface area contributed by atoms with E-state index in [1.807, 2.05) is 0 Å². The van der Waals surface area contributed by atoms with Crippen molar-refractivity contribution in [2.24, 2.45) is 0 Å². The number of methoxy groups -OCH3 is 1. The molecule has 0 aromatic rings. The number of rotatable bonds is 42. The van der Waals surface area contributed by atoms with E-state index in [2.05, 4.69) is 107 Å². The first-order valence-electron chi connectivity index (χ1n) is 26.8. The molecule has 3 heteroatoms. The minimum atomic E-state index is -0.0827. The fourth-order valence-electron chi connectivity index (χ4n) is 6.60. The third kappa shape index (κ3) is 78.8. The standard InChI is InChI=1S/C19H34O2.C16H32.C12H22O.C11H22/c1-3-4-5-6-7-8-9-10-11-12-13-14-15-16-17-18-19(20)21-2;1-3-5-7-9-11-13-15-16-14-12-10-8-6-4-2;1-2-3-4-5-6-7-8-9-10-11-12-13;1-3-5-7-9-11-10-8-6-4-2/h7-8,10-11H,3-6,9,12-18H2,1-2H3;11,13H,3-10,12,14-16H2,1-2H3;3-4,12H,2,5-11H2,1H3;5,7H,3-4,6,8-11H2,1-2H3/b8-7+,11-10+;13-11-;4-3+;7-5-. The van der Waals surface area contributed by atoms with Gasteiger partial charge < -0.3 is 9.53 Å². The summed E-state index contributed by atoms with van der Waals surface area (Å²) in [6.45, 7) is 13.4. The van der Waals surface area contributed by atoms with Crippen molar-refractivity contribution in [3.63, 3.8) is 0 Å². The van der Waals surface area contributed by atoms with Gasteiger partial charge in [-0.25, -0.2) is 0 Å². The highest BCUT2D eigenvalue weighted by Crippen LogP contribution is 2.11. The van der Waals surface area contributed by atoms with Gasteiger partial charge in [-0.1, -0.05) is 231 Å². The Labute approximate surface area is 385 Å². The zero-order valence-corrected chi connectivity index (χ0v) is 42.7. The number of allylic oxidation sites excluding steroid dienone is 10. The summed E-state index contributed by atoms with van der Waals surface area (Å²) in [7, 11) is 1.45. The van der Waals surface area contributed by atoms with Gasteiger partial charge in [0.05, 0.1) is 7.11 Å². The molecule has 0 N–H and O–H groups in total. The van der Waals surface area contributed by atoms with Gasteiger partial charge in [0.1, 0.15) is 6.29 Å². The van der Waals surface area contributed by atoms with Gasteiger partial charge in [-0.3, -0.25) is 4.79 Å². The van der Waals surface area contributed by atoms with Crippen molar-refractivity contribution in [2.45, 2.75) is 292 Å². The maximum atomic E-state index is 10.9. The van der Waals surface area contributed by atoms with Crippen LogP contribution in [0.4, 0.5) is 0 Å². The van der Waals surface area contributed by atoms with Crippen LogP contribution >= 0.6 is 0 Å². The van der Waals surface area contributed by atoms with Crippen molar-refractivity contribution in [3.05, 3.63) is 60.8 Å². The summed E-state index contributed by atoms with van der Waals surface area (Å²) in [5.41, 5.74) is 0. The molecule has 0 unspecified atom stereocenters. The third-order valence-electron chi connectivity index (χ3n) is 10.6. The topological polar surface area (TPSA) is 43.4 Å². The number of unbranched alkanes of at least 4 members (excludes halogenated alkanes) is 29.